The quantitative estimate of drug-likeness (QED) is 0.466. The Balaban J connectivity index is 1.76. The average molecular weight is 340 g/mol. The number of rotatable bonds is 2. The standard InChI is InChI=1S/C21H13FN4/c22-16-7-5-14(6-8-16)20-13-24-21-18(9-10-25-26(20)21)19-12-23-11-15-3-1-2-4-17(15)19/h1-13H. The normalized spacial score (nSPS) is 11.3. The van der Waals surface area contributed by atoms with Crippen LogP contribution < -0.4 is 0 Å². The first kappa shape index (κ1) is 14.7. The van der Waals surface area contributed by atoms with Crippen LogP contribution in [0.1, 0.15) is 0 Å². The number of benzene rings is 2. The molecule has 0 atom stereocenters. The minimum absolute atomic E-state index is 0.266. The van der Waals surface area contributed by atoms with Gasteiger partial charge in [-0.05, 0) is 35.7 Å². The minimum Gasteiger partial charge on any atom is -0.263 e. The lowest BCUT2D eigenvalue weighted by atomic mass is 10.0. The van der Waals surface area contributed by atoms with E-state index in [1.54, 1.807) is 29.0 Å². The summed E-state index contributed by atoms with van der Waals surface area (Å²) in [6.45, 7) is 0. The summed E-state index contributed by atoms with van der Waals surface area (Å²) in [5.41, 5.74) is 4.38. The predicted molar refractivity (Wildman–Crippen MR) is 99.1 cm³/mol. The highest BCUT2D eigenvalue weighted by molar-refractivity contribution is 5.98. The van der Waals surface area contributed by atoms with Gasteiger partial charge in [-0.25, -0.2) is 13.9 Å². The molecule has 0 saturated heterocycles. The largest absolute Gasteiger partial charge is 0.263 e. The van der Waals surface area contributed by atoms with E-state index < -0.39 is 0 Å². The van der Waals surface area contributed by atoms with Gasteiger partial charge in [0.15, 0.2) is 5.65 Å². The van der Waals surface area contributed by atoms with Crippen molar-refractivity contribution in [1.29, 1.82) is 0 Å². The van der Waals surface area contributed by atoms with Crippen molar-refractivity contribution < 1.29 is 4.39 Å². The fourth-order valence-corrected chi connectivity index (χ4v) is 3.25. The summed E-state index contributed by atoms with van der Waals surface area (Å²) in [7, 11) is 0. The Kier molecular flexibility index (Phi) is 3.25. The first-order chi connectivity index (χ1) is 12.8. The molecule has 0 saturated carbocycles. The molecule has 0 unspecified atom stereocenters. The van der Waals surface area contributed by atoms with E-state index >= 15 is 0 Å². The summed E-state index contributed by atoms with van der Waals surface area (Å²) in [5.74, 6) is -0.266. The van der Waals surface area contributed by atoms with Crippen LogP contribution in [0.3, 0.4) is 0 Å². The number of aromatic nitrogens is 4. The number of hydrogen-bond acceptors (Lipinski definition) is 3. The second-order valence-corrected chi connectivity index (χ2v) is 6.04. The van der Waals surface area contributed by atoms with Gasteiger partial charge in [0.1, 0.15) is 5.82 Å². The van der Waals surface area contributed by atoms with Gasteiger partial charge in [0, 0.05) is 40.7 Å². The zero-order chi connectivity index (χ0) is 17.5. The Bertz CT molecular complexity index is 1240. The van der Waals surface area contributed by atoms with Gasteiger partial charge in [-0.3, -0.25) is 4.98 Å². The molecule has 0 aliphatic carbocycles. The zero-order valence-corrected chi connectivity index (χ0v) is 13.7. The maximum atomic E-state index is 13.2. The van der Waals surface area contributed by atoms with Crippen LogP contribution in [-0.2, 0) is 0 Å². The van der Waals surface area contributed by atoms with Gasteiger partial charge in [0.25, 0.3) is 0 Å². The van der Waals surface area contributed by atoms with Gasteiger partial charge in [0.2, 0.25) is 0 Å². The lowest BCUT2D eigenvalue weighted by Gasteiger charge is -2.08. The van der Waals surface area contributed by atoms with Crippen molar-refractivity contribution in [2.24, 2.45) is 0 Å². The highest BCUT2D eigenvalue weighted by Gasteiger charge is 2.13. The molecule has 0 amide bonds. The molecule has 5 heteroatoms. The lowest BCUT2D eigenvalue weighted by molar-refractivity contribution is 0.628. The van der Waals surface area contributed by atoms with E-state index in [1.807, 2.05) is 36.7 Å². The summed E-state index contributed by atoms with van der Waals surface area (Å²) in [6.07, 6.45) is 7.22. The minimum atomic E-state index is -0.266. The fraction of sp³-hybridized carbons (Fsp3) is 0. The predicted octanol–water partition coefficient (Wildman–Crippen LogP) is 4.75. The fourth-order valence-electron chi connectivity index (χ4n) is 3.25. The van der Waals surface area contributed by atoms with E-state index in [0.717, 1.165) is 38.8 Å². The number of fused-ring (bicyclic) bond motifs is 2. The molecule has 5 rings (SSSR count). The van der Waals surface area contributed by atoms with E-state index in [9.17, 15) is 4.39 Å². The number of nitrogens with zero attached hydrogens (tertiary/aromatic N) is 4. The molecule has 124 valence electrons. The first-order valence-electron chi connectivity index (χ1n) is 8.23. The van der Waals surface area contributed by atoms with Gasteiger partial charge in [-0.1, -0.05) is 24.3 Å². The maximum absolute atomic E-state index is 13.2. The van der Waals surface area contributed by atoms with Crippen molar-refractivity contribution in [3.63, 3.8) is 0 Å². The van der Waals surface area contributed by atoms with Gasteiger partial charge >= 0.3 is 0 Å². The average Bonchev–Trinajstić information content (AvgIpc) is 3.12. The molecule has 0 spiro atoms. The van der Waals surface area contributed by atoms with Crippen LogP contribution in [0.15, 0.2) is 79.4 Å². The number of halogens is 1. The van der Waals surface area contributed by atoms with Crippen LogP contribution in [0.2, 0.25) is 0 Å². The van der Waals surface area contributed by atoms with Crippen molar-refractivity contribution in [3.05, 3.63) is 85.2 Å². The van der Waals surface area contributed by atoms with Gasteiger partial charge < -0.3 is 0 Å². The van der Waals surface area contributed by atoms with Crippen LogP contribution in [-0.4, -0.2) is 19.6 Å². The second-order valence-electron chi connectivity index (χ2n) is 6.04. The molecule has 3 aromatic heterocycles. The Hall–Kier alpha value is -3.60. The van der Waals surface area contributed by atoms with E-state index in [2.05, 4.69) is 21.1 Å². The van der Waals surface area contributed by atoms with Crippen molar-refractivity contribution in [1.82, 2.24) is 19.6 Å². The summed E-state index contributed by atoms with van der Waals surface area (Å²) < 4.78 is 15.0. The molecule has 0 aliphatic rings. The Morgan fingerprint density at radius 3 is 2.54 bits per heavy atom. The van der Waals surface area contributed by atoms with Crippen molar-refractivity contribution in [3.8, 4) is 22.4 Å². The van der Waals surface area contributed by atoms with E-state index in [4.69, 9.17) is 0 Å². The maximum Gasteiger partial charge on any atom is 0.162 e. The van der Waals surface area contributed by atoms with Crippen LogP contribution in [0, 0.1) is 5.82 Å². The number of imidazole rings is 1. The third-order valence-electron chi connectivity index (χ3n) is 4.50. The van der Waals surface area contributed by atoms with Crippen molar-refractivity contribution >= 4 is 16.4 Å². The van der Waals surface area contributed by atoms with Crippen LogP contribution in [0.25, 0.3) is 38.8 Å². The lowest BCUT2D eigenvalue weighted by Crippen LogP contribution is -1.96. The topological polar surface area (TPSA) is 43.1 Å². The van der Waals surface area contributed by atoms with Gasteiger partial charge in [-0.2, -0.15) is 5.10 Å². The van der Waals surface area contributed by atoms with Crippen molar-refractivity contribution in [2.75, 3.05) is 0 Å². The third-order valence-corrected chi connectivity index (χ3v) is 4.50. The number of pyridine rings is 1. The summed E-state index contributed by atoms with van der Waals surface area (Å²) in [5, 5.41) is 6.63. The first-order valence-corrected chi connectivity index (χ1v) is 8.23. The Morgan fingerprint density at radius 1 is 0.808 bits per heavy atom. The molecule has 0 radical (unpaired) electrons. The van der Waals surface area contributed by atoms with Crippen molar-refractivity contribution in [2.45, 2.75) is 0 Å². The summed E-state index contributed by atoms with van der Waals surface area (Å²) >= 11 is 0. The van der Waals surface area contributed by atoms with E-state index in [0.29, 0.717) is 0 Å². The molecule has 0 bridgehead atoms. The highest BCUT2D eigenvalue weighted by Crippen LogP contribution is 2.31. The molecule has 3 heterocycles. The van der Waals surface area contributed by atoms with E-state index in [1.165, 1.54) is 12.1 Å². The Labute approximate surface area is 148 Å². The molecule has 4 nitrogen and oxygen atoms in total. The molecule has 2 aromatic carbocycles. The number of hydrogen-bond donors (Lipinski definition) is 0. The van der Waals surface area contributed by atoms with Crippen LogP contribution in [0.4, 0.5) is 4.39 Å². The summed E-state index contributed by atoms with van der Waals surface area (Å²) in [6, 6.07) is 16.4. The third kappa shape index (κ3) is 2.25. The van der Waals surface area contributed by atoms with Gasteiger partial charge in [0.05, 0.1) is 11.9 Å². The van der Waals surface area contributed by atoms with Crippen LogP contribution >= 0.6 is 0 Å². The smallest absolute Gasteiger partial charge is 0.162 e. The molecular weight excluding hydrogens is 327 g/mol. The monoisotopic (exact) mass is 340 g/mol. The van der Waals surface area contributed by atoms with Crippen LogP contribution in [0.5, 0.6) is 0 Å². The molecule has 0 N–H and O–H groups in total. The summed E-state index contributed by atoms with van der Waals surface area (Å²) in [4.78, 5) is 8.95. The van der Waals surface area contributed by atoms with Gasteiger partial charge in [-0.15, -0.1) is 0 Å². The zero-order valence-electron chi connectivity index (χ0n) is 13.7. The SMILES string of the molecule is Fc1ccc(-c2cnc3c(-c4cncc5ccccc45)ccnn23)cc1. The second kappa shape index (κ2) is 5.74. The molecule has 5 aromatic rings. The Morgan fingerprint density at radius 2 is 1.65 bits per heavy atom. The molecule has 0 aliphatic heterocycles. The molecule has 26 heavy (non-hydrogen) atoms. The molecular formula is C21H13FN4. The highest BCUT2D eigenvalue weighted by atomic mass is 19.1. The van der Waals surface area contributed by atoms with E-state index in [-0.39, 0.29) is 5.82 Å². The molecule has 0 fully saturated rings.